The summed E-state index contributed by atoms with van der Waals surface area (Å²) in [6.45, 7) is 3.29. The monoisotopic (exact) mass is 333 g/mol. The Bertz CT molecular complexity index is 546. The molecular formula is C18H27N3O3. The molecular weight excluding hydrogens is 306 g/mol. The molecule has 0 radical (unpaired) electrons. The minimum Gasteiger partial charge on any atom is -0.484 e. The van der Waals surface area contributed by atoms with E-state index in [4.69, 9.17) is 15.2 Å². The van der Waals surface area contributed by atoms with Crippen molar-refractivity contribution in [3.05, 3.63) is 29.8 Å². The van der Waals surface area contributed by atoms with Crippen molar-refractivity contribution in [2.45, 2.75) is 37.9 Å². The van der Waals surface area contributed by atoms with Crippen LogP contribution in [0.1, 0.15) is 24.8 Å². The van der Waals surface area contributed by atoms with Crippen molar-refractivity contribution in [3.8, 4) is 5.75 Å². The molecule has 1 aromatic carbocycles. The van der Waals surface area contributed by atoms with E-state index in [0.717, 1.165) is 31.9 Å². The van der Waals surface area contributed by atoms with Crippen LogP contribution >= 0.6 is 0 Å². The van der Waals surface area contributed by atoms with E-state index >= 15 is 0 Å². The lowest BCUT2D eigenvalue weighted by molar-refractivity contribution is -0.119. The zero-order valence-corrected chi connectivity index (χ0v) is 14.0. The molecule has 1 saturated carbocycles. The first-order valence-corrected chi connectivity index (χ1v) is 8.77. The first kappa shape index (κ1) is 17.2. The molecule has 3 unspecified atom stereocenters. The van der Waals surface area contributed by atoms with Crippen LogP contribution in [0, 0.1) is 5.92 Å². The standard InChI is InChI=1S/C18H27N3O3/c19-18(22)12-24-14-4-1-3-13(9-14)10-21-16-6-2-5-15(16)17-11-23-8-7-20-17/h1,3-4,9,15-17,20-21H,2,5-8,10-12H2,(H2,19,22). The quantitative estimate of drug-likeness (QED) is 0.687. The van der Waals surface area contributed by atoms with E-state index in [9.17, 15) is 4.79 Å². The van der Waals surface area contributed by atoms with E-state index in [-0.39, 0.29) is 6.61 Å². The smallest absolute Gasteiger partial charge is 0.255 e. The van der Waals surface area contributed by atoms with E-state index in [0.29, 0.717) is 23.8 Å². The van der Waals surface area contributed by atoms with Crippen LogP contribution in [0.4, 0.5) is 0 Å². The fourth-order valence-corrected chi connectivity index (χ4v) is 3.73. The van der Waals surface area contributed by atoms with Crippen molar-refractivity contribution in [2.75, 3.05) is 26.4 Å². The third kappa shape index (κ3) is 4.69. The predicted octanol–water partition coefficient (Wildman–Crippen LogP) is 0.797. The number of rotatable bonds is 7. The second-order valence-electron chi connectivity index (χ2n) is 6.62. The molecule has 132 valence electrons. The maximum absolute atomic E-state index is 10.8. The summed E-state index contributed by atoms with van der Waals surface area (Å²) >= 11 is 0. The Kier molecular flexibility index (Phi) is 6.07. The van der Waals surface area contributed by atoms with E-state index < -0.39 is 5.91 Å². The van der Waals surface area contributed by atoms with Crippen molar-refractivity contribution in [3.63, 3.8) is 0 Å². The number of benzene rings is 1. The highest BCUT2D eigenvalue weighted by molar-refractivity contribution is 5.75. The van der Waals surface area contributed by atoms with Gasteiger partial charge in [0.25, 0.3) is 5.91 Å². The van der Waals surface area contributed by atoms with E-state index in [1.54, 1.807) is 0 Å². The van der Waals surface area contributed by atoms with Crippen LogP contribution in [0.15, 0.2) is 24.3 Å². The Morgan fingerprint density at radius 2 is 2.33 bits per heavy atom. The van der Waals surface area contributed by atoms with Crippen LogP contribution in [0.2, 0.25) is 0 Å². The van der Waals surface area contributed by atoms with Crippen LogP contribution in [0.25, 0.3) is 0 Å². The molecule has 4 N–H and O–H groups in total. The molecule has 24 heavy (non-hydrogen) atoms. The normalized spacial score (nSPS) is 27.1. The van der Waals surface area contributed by atoms with Gasteiger partial charge in [-0.25, -0.2) is 0 Å². The lowest BCUT2D eigenvalue weighted by atomic mass is 9.94. The van der Waals surface area contributed by atoms with Gasteiger partial charge in [0.2, 0.25) is 0 Å². The van der Waals surface area contributed by atoms with Crippen LogP contribution in [0.3, 0.4) is 0 Å². The molecule has 1 aromatic rings. The molecule has 1 aliphatic heterocycles. The molecule has 6 nitrogen and oxygen atoms in total. The topological polar surface area (TPSA) is 85.6 Å². The lowest BCUT2D eigenvalue weighted by Crippen LogP contribution is -2.50. The average Bonchev–Trinajstić information content (AvgIpc) is 3.08. The largest absolute Gasteiger partial charge is 0.484 e. The van der Waals surface area contributed by atoms with E-state index in [1.165, 1.54) is 19.3 Å². The van der Waals surface area contributed by atoms with Gasteiger partial charge in [-0.1, -0.05) is 18.6 Å². The third-order valence-electron chi connectivity index (χ3n) is 4.88. The summed E-state index contributed by atoms with van der Waals surface area (Å²) < 4.78 is 11.0. The minimum absolute atomic E-state index is 0.0884. The molecule has 0 spiro atoms. The molecule has 3 rings (SSSR count). The second-order valence-corrected chi connectivity index (χ2v) is 6.62. The van der Waals surface area contributed by atoms with E-state index in [1.807, 2.05) is 18.2 Å². The number of primary amides is 1. The third-order valence-corrected chi connectivity index (χ3v) is 4.88. The van der Waals surface area contributed by atoms with Crippen LogP contribution < -0.4 is 21.1 Å². The van der Waals surface area contributed by atoms with Gasteiger partial charge >= 0.3 is 0 Å². The first-order valence-electron chi connectivity index (χ1n) is 8.77. The van der Waals surface area contributed by atoms with Crippen molar-refractivity contribution >= 4 is 5.91 Å². The van der Waals surface area contributed by atoms with Crippen LogP contribution in [-0.4, -0.2) is 44.4 Å². The minimum atomic E-state index is -0.463. The number of amides is 1. The molecule has 2 fully saturated rings. The molecule has 0 aromatic heterocycles. The summed E-state index contributed by atoms with van der Waals surface area (Å²) in [4.78, 5) is 10.8. The number of carbonyl (C=O) groups is 1. The van der Waals surface area contributed by atoms with Crippen LogP contribution in [0.5, 0.6) is 5.75 Å². The molecule has 1 heterocycles. The van der Waals surface area contributed by atoms with Gasteiger partial charge in [0, 0.05) is 25.2 Å². The van der Waals surface area contributed by atoms with Crippen molar-refractivity contribution < 1.29 is 14.3 Å². The summed E-state index contributed by atoms with van der Waals surface area (Å²) in [6, 6.07) is 8.78. The van der Waals surface area contributed by atoms with Crippen molar-refractivity contribution in [1.29, 1.82) is 0 Å². The highest BCUT2D eigenvalue weighted by atomic mass is 16.5. The van der Waals surface area contributed by atoms with Crippen LogP contribution in [-0.2, 0) is 16.1 Å². The molecule has 1 amide bonds. The van der Waals surface area contributed by atoms with Gasteiger partial charge in [0.05, 0.1) is 13.2 Å². The highest BCUT2D eigenvalue weighted by Gasteiger charge is 2.34. The number of hydrogen-bond acceptors (Lipinski definition) is 5. The van der Waals surface area contributed by atoms with Gasteiger partial charge < -0.3 is 25.8 Å². The zero-order chi connectivity index (χ0) is 16.8. The Morgan fingerprint density at radius 1 is 1.42 bits per heavy atom. The Balaban J connectivity index is 1.52. The summed E-state index contributed by atoms with van der Waals surface area (Å²) in [5, 5.41) is 7.29. The molecule has 6 heteroatoms. The lowest BCUT2D eigenvalue weighted by Gasteiger charge is -2.33. The number of nitrogens with one attached hydrogen (secondary N) is 2. The molecule has 3 atom stereocenters. The number of morpholine rings is 1. The summed E-state index contributed by atoms with van der Waals surface area (Å²) in [6.07, 6.45) is 3.73. The Hall–Kier alpha value is -1.63. The van der Waals surface area contributed by atoms with Gasteiger partial charge in [-0.05, 0) is 36.5 Å². The fourth-order valence-electron chi connectivity index (χ4n) is 3.73. The van der Waals surface area contributed by atoms with Gasteiger partial charge in [-0.3, -0.25) is 4.79 Å². The Labute approximate surface area is 143 Å². The first-order chi connectivity index (χ1) is 11.7. The van der Waals surface area contributed by atoms with E-state index in [2.05, 4.69) is 16.7 Å². The summed E-state index contributed by atoms with van der Waals surface area (Å²) in [5.74, 6) is 0.840. The number of ether oxygens (including phenoxy) is 2. The second kappa shape index (κ2) is 8.46. The maximum atomic E-state index is 10.8. The van der Waals surface area contributed by atoms with Gasteiger partial charge in [0.15, 0.2) is 6.61 Å². The summed E-state index contributed by atoms with van der Waals surface area (Å²) in [7, 11) is 0. The highest BCUT2D eigenvalue weighted by Crippen LogP contribution is 2.29. The fraction of sp³-hybridized carbons (Fsp3) is 0.611. The molecule has 0 bridgehead atoms. The van der Waals surface area contributed by atoms with Crippen molar-refractivity contribution in [1.82, 2.24) is 10.6 Å². The Morgan fingerprint density at radius 3 is 3.12 bits per heavy atom. The van der Waals surface area contributed by atoms with Crippen molar-refractivity contribution in [2.24, 2.45) is 11.7 Å². The summed E-state index contributed by atoms with van der Waals surface area (Å²) in [5.41, 5.74) is 6.26. The number of carbonyl (C=O) groups excluding carboxylic acids is 1. The van der Waals surface area contributed by atoms with Gasteiger partial charge in [-0.15, -0.1) is 0 Å². The SMILES string of the molecule is NC(=O)COc1cccc(CNC2CCCC2C2COCCN2)c1. The van der Waals surface area contributed by atoms with Gasteiger partial charge in [-0.2, -0.15) is 0 Å². The molecule has 1 aliphatic carbocycles. The average molecular weight is 333 g/mol. The zero-order valence-electron chi connectivity index (χ0n) is 14.0. The van der Waals surface area contributed by atoms with Gasteiger partial charge in [0.1, 0.15) is 5.75 Å². The number of hydrogen-bond donors (Lipinski definition) is 3. The molecule has 2 aliphatic rings. The molecule has 1 saturated heterocycles. The maximum Gasteiger partial charge on any atom is 0.255 e. The predicted molar refractivity (Wildman–Crippen MR) is 91.7 cm³/mol. The number of nitrogens with two attached hydrogens (primary N) is 1.